The maximum absolute atomic E-state index is 12.0. The first-order valence-corrected chi connectivity index (χ1v) is 11.1. The molecule has 0 spiro atoms. The predicted molar refractivity (Wildman–Crippen MR) is 122 cm³/mol. The van der Waals surface area contributed by atoms with Crippen molar-refractivity contribution in [3.63, 3.8) is 0 Å². The van der Waals surface area contributed by atoms with Crippen molar-refractivity contribution in [2.24, 2.45) is 0 Å². The lowest BCUT2D eigenvalue weighted by Crippen LogP contribution is -2.45. The van der Waals surface area contributed by atoms with Crippen LogP contribution < -0.4 is 10.1 Å². The minimum absolute atomic E-state index is 0.135. The van der Waals surface area contributed by atoms with Gasteiger partial charge in [0.1, 0.15) is 18.1 Å². The standard InChI is InChI=1S/C25H30N4O3/c1-20(15-27-25(30)23-8-14-31-19-23)32-24-6-4-21(5-7-24)17-28-10-12-29(13-11-28)18-22-3-2-9-26-16-22/h2-9,14,16,19-20H,10-13,15,17-18H2,1H3,(H,27,30)/t20-/m1/s1. The van der Waals surface area contributed by atoms with Gasteiger partial charge in [-0.1, -0.05) is 18.2 Å². The molecule has 0 aliphatic carbocycles. The van der Waals surface area contributed by atoms with Gasteiger partial charge in [-0.15, -0.1) is 0 Å². The van der Waals surface area contributed by atoms with Crippen molar-refractivity contribution in [2.75, 3.05) is 32.7 Å². The Balaban J connectivity index is 1.17. The molecule has 0 bridgehead atoms. The smallest absolute Gasteiger partial charge is 0.254 e. The van der Waals surface area contributed by atoms with E-state index in [9.17, 15) is 4.79 Å². The molecule has 1 aliphatic heterocycles. The van der Waals surface area contributed by atoms with Crippen molar-refractivity contribution in [1.29, 1.82) is 0 Å². The van der Waals surface area contributed by atoms with Gasteiger partial charge in [0.15, 0.2) is 0 Å². The van der Waals surface area contributed by atoms with E-state index in [1.807, 2.05) is 37.5 Å². The Kier molecular flexibility index (Phi) is 7.53. The van der Waals surface area contributed by atoms with Crippen LogP contribution in [0.2, 0.25) is 0 Å². The zero-order chi connectivity index (χ0) is 22.2. The van der Waals surface area contributed by atoms with Crippen LogP contribution in [-0.2, 0) is 13.1 Å². The van der Waals surface area contributed by atoms with E-state index >= 15 is 0 Å². The number of amides is 1. The quantitative estimate of drug-likeness (QED) is 0.558. The summed E-state index contributed by atoms with van der Waals surface area (Å²) in [6.07, 6.45) is 6.55. The van der Waals surface area contributed by atoms with Crippen LogP contribution in [0.4, 0.5) is 0 Å². The van der Waals surface area contributed by atoms with Crippen LogP contribution in [0.15, 0.2) is 71.8 Å². The number of nitrogens with one attached hydrogen (secondary N) is 1. The van der Waals surface area contributed by atoms with Crippen LogP contribution in [0.3, 0.4) is 0 Å². The van der Waals surface area contributed by atoms with E-state index in [1.54, 1.807) is 6.07 Å². The molecule has 1 saturated heterocycles. The number of piperazine rings is 1. The van der Waals surface area contributed by atoms with E-state index in [0.717, 1.165) is 45.0 Å². The van der Waals surface area contributed by atoms with Gasteiger partial charge in [0.2, 0.25) is 0 Å². The SMILES string of the molecule is C[C@H](CNC(=O)c1ccoc1)Oc1ccc(CN2CCN(Cc3cccnc3)CC2)cc1. The van der Waals surface area contributed by atoms with Gasteiger partial charge in [0.05, 0.1) is 18.4 Å². The molecule has 0 saturated carbocycles. The molecule has 0 unspecified atom stereocenters. The second-order valence-electron chi connectivity index (χ2n) is 8.21. The van der Waals surface area contributed by atoms with Crippen LogP contribution in [-0.4, -0.2) is 59.5 Å². The van der Waals surface area contributed by atoms with Crippen LogP contribution in [0.1, 0.15) is 28.4 Å². The molecule has 0 radical (unpaired) electrons. The molecule has 1 atom stereocenters. The number of aromatic nitrogens is 1. The van der Waals surface area contributed by atoms with Crippen molar-refractivity contribution < 1.29 is 13.9 Å². The Hall–Kier alpha value is -3.16. The highest BCUT2D eigenvalue weighted by atomic mass is 16.5. The van der Waals surface area contributed by atoms with Gasteiger partial charge in [-0.2, -0.15) is 0 Å². The molecule has 3 heterocycles. The number of benzene rings is 1. The Labute approximate surface area is 189 Å². The summed E-state index contributed by atoms with van der Waals surface area (Å²) in [6, 6.07) is 14.0. The highest BCUT2D eigenvalue weighted by molar-refractivity contribution is 5.93. The molecule has 1 aliphatic rings. The number of pyridine rings is 1. The highest BCUT2D eigenvalue weighted by Crippen LogP contribution is 2.16. The maximum Gasteiger partial charge on any atom is 0.254 e. The molecule has 1 N–H and O–H groups in total. The average molecular weight is 435 g/mol. The number of nitrogens with zero attached hydrogens (tertiary/aromatic N) is 3. The minimum Gasteiger partial charge on any atom is -0.489 e. The molecule has 1 fully saturated rings. The monoisotopic (exact) mass is 434 g/mol. The third kappa shape index (κ3) is 6.42. The van der Waals surface area contributed by atoms with Gasteiger partial charge in [-0.3, -0.25) is 19.6 Å². The average Bonchev–Trinajstić information content (AvgIpc) is 3.36. The number of carbonyl (C=O) groups excluding carboxylic acids is 1. The Morgan fingerprint density at radius 1 is 1.06 bits per heavy atom. The van der Waals surface area contributed by atoms with Crippen LogP contribution in [0, 0.1) is 0 Å². The lowest BCUT2D eigenvalue weighted by atomic mass is 10.2. The molecule has 7 nitrogen and oxygen atoms in total. The minimum atomic E-state index is -0.162. The first-order valence-electron chi connectivity index (χ1n) is 11.1. The fourth-order valence-corrected chi connectivity index (χ4v) is 3.79. The third-order valence-corrected chi connectivity index (χ3v) is 5.59. The van der Waals surface area contributed by atoms with E-state index in [1.165, 1.54) is 23.7 Å². The second kappa shape index (κ2) is 10.9. The number of rotatable bonds is 9. The zero-order valence-electron chi connectivity index (χ0n) is 18.4. The van der Waals surface area contributed by atoms with E-state index in [2.05, 4.69) is 38.3 Å². The molecular weight excluding hydrogens is 404 g/mol. The topological polar surface area (TPSA) is 70.8 Å². The van der Waals surface area contributed by atoms with Gasteiger partial charge in [-0.25, -0.2) is 0 Å². The molecule has 168 valence electrons. The van der Waals surface area contributed by atoms with Crippen molar-refractivity contribution in [1.82, 2.24) is 20.1 Å². The molecule has 2 aromatic heterocycles. The van der Waals surface area contributed by atoms with Crippen LogP contribution in [0.25, 0.3) is 0 Å². The second-order valence-corrected chi connectivity index (χ2v) is 8.21. The molecule has 32 heavy (non-hydrogen) atoms. The van der Waals surface area contributed by atoms with Crippen molar-refractivity contribution in [3.8, 4) is 5.75 Å². The van der Waals surface area contributed by atoms with Gasteiger partial charge in [-0.05, 0) is 42.3 Å². The fourth-order valence-electron chi connectivity index (χ4n) is 3.79. The number of carbonyl (C=O) groups is 1. The summed E-state index contributed by atoms with van der Waals surface area (Å²) in [5.41, 5.74) is 3.06. The largest absolute Gasteiger partial charge is 0.489 e. The predicted octanol–water partition coefficient (Wildman–Crippen LogP) is 3.19. The van der Waals surface area contributed by atoms with Crippen molar-refractivity contribution >= 4 is 5.91 Å². The molecular formula is C25H30N4O3. The maximum atomic E-state index is 12.0. The van der Waals surface area contributed by atoms with Gasteiger partial charge in [0.25, 0.3) is 5.91 Å². The summed E-state index contributed by atoms with van der Waals surface area (Å²) in [7, 11) is 0. The summed E-state index contributed by atoms with van der Waals surface area (Å²) >= 11 is 0. The highest BCUT2D eigenvalue weighted by Gasteiger charge is 2.17. The summed E-state index contributed by atoms with van der Waals surface area (Å²) in [5.74, 6) is 0.644. The summed E-state index contributed by atoms with van der Waals surface area (Å²) < 4.78 is 10.9. The van der Waals surface area contributed by atoms with E-state index in [-0.39, 0.29) is 12.0 Å². The van der Waals surface area contributed by atoms with Gasteiger partial charge >= 0.3 is 0 Å². The van der Waals surface area contributed by atoms with Crippen LogP contribution >= 0.6 is 0 Å². The molecule has 7 heteroatoms. The number of hydrogen-bond donors (Lipinski definition) is 1. The number of furan rings is 1. The third-order valence-electron chi connectivity index (χ3n) is 5.59. The zero-order valence-corrected chi connectivity index (χ0v) is 18.4. The van der Waals surface area contributed by atoms with E-state index in [4.69, 9.17) is 9.15 Å². The Morgan fingerprint density at radius 3 is 2.41 bits per heavy atom. The van der Waals surface area contributed by atoms with E-state index in [0.29, 0.717) is 12.1 Å². The van der Waals surface area contributed by atoms with Crippen molar-refractivity contribution in [2.45, 2.75) is 26.1 Å². The lowest BCUT2D eigenvalue weighted by molar-refractivity contribution is 0.0931. The van der Waals surface area contributed by atoms with Gasteiger partial charge in [0, 0.05) is 51.7 Å². The van der Waals surface area contributed by atoms with Crippen LogP contribution in [0.5, 0.6) is 5.75 Å². The molecule has 1 aromatic carbocycles. The summed E-state index contributed by atoms with van der Waals surface area (Å²) in [6.45, 7) is 8.53. The number of hydrogen-bond acceptors (Lipinski definition) is 6. The molecule has 1 amide bonds. The molecule has 3 aromatic rings. The summed E-state index contributed by atoms with van der Waals surface area (Å²) in [4.78, 5) is 21.1. The first kappa shape index (κ1) is 22.0. The lowest BCUT2D eigenvalue weighted by Gasteiger charge is -2.34. The summed E-state index contributed by atoms with van der Waals surface area (Å²) in [5, 5.41) is 2.85. The Bertz CT molecular complexity index is 953. The fraction of sp³-hybridized carbons (Fsp3) is 0.360. The van der Waals surface area contributed by atoms with Gasteiger partial charge < -0.3 is 14.5 Å². The Morgan fingerprint density at radius 2 is 1.78 bits per heavy atom. The van der Waals surface area contributed by atoms with Crippen molar-refractivity contribution in [3.05, 3.63) is 84.1 Å². The number of ether oxygens (including phenoxy) is 1. The van der Waals surface area contributed by atoms with E-state index < -0.39 is 0 Å². The first-order chi connectivity index (χ1) is 15.7. The normalized spacial score (nSPS) is 15.9. The molecule has 4 rings (SSSR count).